The quantitative estimate of drug-likeness (QED) is 0.452. The summed E-state index contributed by atoms with van der Waals surface area (Å²) < 4.78 is 0. The van der Waals surface area contributed by atoms with E-state index in [1.54, 1.807) is 12.1 Å². The predicted molar refractivity (Wildman–Crippen MR) is 54.9 cm³/mol. The first-order chi connectivity index (χ1) is 7.20. The lowest BCUT2D eigenvalue weighted by Gasteiger charge is -2.22. The van der Waals surface area contributed by atoms with E-state index in [1.165, 1.54) is 6.07 Å². The molecule has 0 spiro atoms. The molecule has 0 aromatic heterocycles. The molecule has 1 N–H and O–H groups in total. The van der Waals surface area contributed by atoms with E-state index in [0.29, 0.717) is 12.8 Å². The summed E-state index contributed by atoms with van der Waals surface area (Å²) in [6, 6.07) is 4.49. The van der Waals surface area contributed by atoms with Crippen LogP contribution in [0.15, 0.2) is 18.2 Å². The molecule has 0 saturated carbocycles. The highest BCUT2D eigenvalue weighted by Crippen LogP contribution is 2.27. The molecule has 0 amide bonds. The molecular formula is C10H10N2O3. The van der Waals surface area contributed by atoms with Crippen LogP contribution in [0.1, 0.15) is 12.0 Å². The van der Waals surface area contributed by atoms with Gasteiger partial charge >= 0.3 is 0 Å². The Hall–Kier alpha value is -1.91. The number of fused-ring (bicyclic) bond motifs is 1. The summed E-state index contributed by atoms with van der Waals surface area (Å²) in [6.45, 7) is 0. The fourth-order valence-corrected chi connectivity index (χ4v) is 1.73. The summed E-state index contributed by atoms with van der Waals surface area (Å²) in [4.78, 5) is 20.7. The van der Waals surface area contributed by atoms with Gasteiger partial charge in [-0.15, -0.1) is 0 Å². The normalized spacial score (nSPS) is 18.8. The molecule has 1 heterocycles. The fraction of sp³-hybridized carbons (Fsp3) is 0.300. The van der Waals surface area contributed by atoms with Gasteiger partial charge in [0.1, 0.15) is 6.29 Å². The maximum absolute atomic E-state index is 10.6. The zero-order valence-corrected chi connectivity index (χ0v) is 7.97. The Morgan fingerprint density at radius 2 is 2.33 bits per heavy atom. The molecule has 1 atom stereocenters. The van der Waals surface area contributed by atoms with Crippen molar-refractivity contribution in [1.82, 2.24) is 0 Å². The average Bonchev–Trinajstić information content (AvgIpc) is 2.27. The number of aryl methyl sites for hydroxylation is 1. The van der Waals surface area contributed by atoms with Crippen molar-refractivity contribution in [3.63, 3.8) is 0 Å². The molecule has 1 aliphatic heterocycles. The van der Waals surface area contributed by atoms with Crippen LogP contribution >= 0.6 is 0 Å². The second-order valence-corrected chi connectivity index (χ2v) is 3.52. The molecule has 78 valence electrons. The molecule has 1 unspecified atom stereocenters. The highest BCUT2D eigenvalue weighted by atomic mass is 16.6. The van der Waals surface area contributed by atoms with Gasteiger partial charge in [0.2, 0.25) is 0 Å². The Labute approximate surface area is 86.2 Å². The predicted octanol–water partition coefficient (Wildman–Crippen LogP) is 1.52. The molecule has 2 rings (SSSR count). The minimum Gasteiger partial charge on any atom is -0.375 e. The molecule has 15 heavy (non-hydrogen) atoms. The zero-order valence-electron chi connectivity index (χ0n) is 7.97. The van der Waals surface area contributed by atoms with Crippen molar-refractivity contribution in [1.29, 1.82) is 0 Å². The van der Waals surface area contributed by atoms with Crippen molar-refractivity contribution in [3.05, 3.63) is 33.9 Å². The molecule has 0 radical (unpaired) electrons. The summed E-state index contributed by atoms with van der Waals surface area (Å²) in [5, 5.41) is 13.6. The molecular weight excluding hydrogens is 196 g/mol. The number of benzene rings is 1. The van der Waals surface area contributed by atoms with Gasteiger partial charge in [-0.1, -0.05) is 0 Å². The number of hydrogen-bond donors (Lipinski definition) is 1. The highest BCUT2D eigenvalue weighted by molar-refractivity contribution is 5.69. The fourth-order valence-electron chi connectivity index (χ4n) is 1.73. The number of rotatable bonds is 2. The van der Waals surface area contributed by atoms with Crippen molar-refractivity contribution in [2.24, 2.45) is 0 Å². The Morgan fingerprint density at radius 3 is 3.00 bits per heavy atom. The van der Waals surface area contributed by atoms with Crippen LogP contribution in [0.3, 0.4) is 0 Å². The van der Waals surface area contributed by atoms with Gasteiger partial charge in [-0.3, -0.25) is 10.1 Å². The van der Waals surface area contributed by atoms with Gasteiger partial charge < -0.3 is 10.1 Å². The van der Waals surface area contributed by atoms with Crippen LogP contribution in [0.25, 0.3) is 0 Å². The summed E-state index contributed by atoms with van der Waals surface area (Å²) in [5.74, 6) is 0. The molecule has 1 aliphatic rings. The van der Waals surface area contributed by atoms with Gasteiger partial charge in [0, 0.05) is 17.8 Å². The Morgan fingerprint density at radius 1 is 1.53 bits per heavy atom. The smallest absolute Gasteiger partial charge is 0.269 e. The molecule has 1 aromatic carbocycles. The second kappa shape index (κ2) is 3.68. The largest absolute Gasteiger partial charge is 0.375 e. The minimum absolute atomic E-state index is 0.0973. The summed E-state index contributed by atoms with van der Waals surface area (Å²) in [6.07, 6.45) is 2.26. The lowest BCUT2D eigenvalue weighted by Crippen LogP contribution is -2.26. The first kappa shape index (κ1) is 9.64. The van der Waals surface area contributed by atoms with E-state index < -0.39 is 4.92 Å². The lowest BCUT2D eigenvalue weighted by atomic mass is 9.98. The number of hydrogen-bond acceptors (Lipinski definition) is 4. The van der Waals surface area contributed by atoms with Crippen molar-refractivity contribution >= 4 is 17.7 Å². The van der Waals surface area contributed by atoms with Gasteiger partial charge in [0.15, 0.2) is 0 Å². The molecule has 5 nitrogen and oxygen atoms in total. The lowest BCUT2D eigenvalue weighted by molar-refractivity contribution is -0.384. The van der Waals surface area contributed by atoms with E-state index in [-0.39, 0.29) is 11.7 Å². The summed E-state index contributed by atoms with van der Waals surface area (Å²) >= 11 is 0. The van der Waals surface area contributed by atoms with Gasteiger partial charge in [-0.25, -0.2) is 0 Å². The molecule has 0 fully saturated rings. The average molecular weight is 206 g/mol. The van der Waals surface area contributed by atoms with E-state index in [0.717, 1.165) is 17.5 Å². The monoisotopic (exact) mass is 206 g/mol. The maximum atomic E-state index is 10.6. The van der Waals surface area contributed by atoms with Crippen LogP contribution in [0.2, 0.25) is 0 Å². The number of anilines is 1. The number of nitrogens with one attached hydrogen (secondary N) is 1. The molecule has 5 heteroatoms. The molecule has 0 bridgehead atoms. The SMILES string of the molecule is O=CC1CCc2cc([N+](=O)[O-])ccc2N1. The van der Waals surface area contributed by atoms with Crippen LogP contribution in [-0.2, 0) is 11.2 Å². The number of non-ortho nitro benzene ring substituents is 1. The minimum atomic E-state index is -0.411. The van der Waals surface area contributed by atoms with E-state index in [9.17, 15) is 14.9 Å². The number of carbonyl (C=O) groups is 1. The Balaban J connectivity index is 2.32. The van der Waals surface area contributed by atoms with Crippen molar-refractivity contribution < 1.29 is 9.72 Å². The topological polar surface area (TPSA) is 72.2 Å². The second-order valence-electron chi connectivity index (χ2n) is 3.52. The van der Waals surface area contributed by atoms with Crippen LogP contribution < -0.4 is 5.32 Å². The van der Waals surface area contributed by atoms with Crippen molar-refractivity contribution in [2.45, 2.75) is 18.9 Å². The van der Waals surface area contributed by atoms with E-state index >= 15 is 0 Å². The third kappa shape index (κ3) is 1.81. The van der Waals surface area contributed by atoms with Gasteiger partial charge in [0.05, 0.1) is 11.0 Å². The van der Waals surface area contributed by atoms with Gasteiger partial charge in [-0.2, -0.15) is 0 Å². The van der Waals surface area contributed by atoms with Crippen LogP contribution in [0, 0.1) is 10.1 Å². The standard InChI is InChI=1S/C10H10N2O3/c13-6-8-2-1-7-5-9(12(14)15)3-4-10(7)11-8/h3-6,8,11H,1-2H2. The third-order valence-electron chi connectivity index (χ3n) is 2.53. The van der Waals surface area contributed by atoms with Gasteiger partial charge in [0.25, 0.3) is 5.69 Å². The Kier molecular flexibility index (Phi) is 2.37. The zero-order chi connectivity index (χ0) is 10.8. The number of aldehydes is 1. The Bertz CT molecular complexity index is 417. The first-order valence-electron chi connectivity index (χ1n) is 4.70. The van der Waals surface area contributed by atoms with Crippen LogP contribution in [-0.4, -0.2) is 17.3 Å². The van der Waals surface area contributed by atoms with Crippen molar-refractivity contribution in [2.75, 3.05) is 5.32 Å². The van der Waals surface area contributed by atoms with Gasteiger partial charge in [-0.05, 0) is 24.5 Å². The molecule has 1 aromatic rings. The van der Waals surface area contributed by atoms with Crippen LogP contribution in [0.4, 0.5) is 11.4 Å². The summed E-state index contributed by atoms with van der Waals surface area (Å²) in [5.41, 5.74) is 1.83. The number of carbonyl (C=O) groups excluding carboxylic acids is 1. The van der Waals surface area contributed by atoms with E-state index in [4.69, 9.17) is 0 Å². The first-order valence-corrected chi connectivity index (χ1v) is 4.70. The highest BCUT2D eigenvalue weighted by Gasteiger charge is 2.19. The number of nitro groups is 1. The summed E-state index contributed by atoms with van der Waals surface area (Å²) in [7, 11) is 0. The number of nitro benzene ring substituents is 1. The maximum Gasteiger partial charge on any atom is 0.269 e. The molecule has 0 saturated heterocycles. The molecule has 0 aliphatic carbocycles. The third-order valence-corrected chi connectivity index (χ3v) is 2.53. The van der Waals surface area contributed by atoms with Crippen LogP contribution in [0.5, 0.6) is 0 Å². The van der Waals surface area contributed by atoms with Crippen molar-refractivity contribution in [3.8, 4) is 0 Å². The van der Waals surface area contributed by atoms with E-state index in [1.807, 2.05) is 0 Å². The van der Waals surface area contributed by atoms with E-state index in [2.05, 4.69) is 5.32 Å². The number of nitrogens with zero attached hydrogens (tertiary/aromatic N) is 1.